The standard InChI is InChI=1S/C16H15NO3/c1-12-4-2-3-5-15(12)20-11-16(19)17-14-8-6-13(10-18)7-9-14/h2-10H,11H2,1H3,(H,17,19). The second-order valence-electron chi connectivity index (χ2n) is 4.34. The van der Waals surface area contributed by atoms with Gasteiger partial charge in [-0.1, -0.05) is 18.2 Å². The first kappa shape index (κ1) is 13.8. The largest absolute Gasteiger partial charge is 0.483 e. The number of carbonyl (C=O) groups excluding carboxylic acids is 2. The lowest BCUT2D eigenvalue weighted by Gasteiger charge is -2.09. The summed E-state index contributed by atoms with van der Waals surface area (Å²) in [5, 5.41) is 2.70. The van der Waals surface area contributed by atoms with Crippen molar-refractivity contribution in [1.82, 2.24) is 0 Å². The van der Waals surface area contributed by atoms with Gasteiger partial charge in [-0.2, -0.15) is 0 Å². The zero-order chi connectivity index (χ0) is 14.4. The van der Waals surface area contributed by atoms with Crippen molar-refractivity contribution in [2.45, 2.75) is 6.92 Å². The number of carbonyl (C=O) groups is 2. The lowest BCUT2D eigenvalue weighted by molar-refractivity contribution is -0.118. The van der Waals surface area contributed by atoms with E-state index >= 15 is 0 Å². The third kappa shape index (κ3) is 3.68. The van der Waals surface area contributed by atoms with Crippen LogP contribution in [0.25, 0.3) is 0 Å². The van der Waals surface area contributed by atoms with Crippen LogP contribution in [0.1, 0.15) is 15.9 Å². The SMILES string of the molecule is Cc1ccccc1OCC(=O)Nc1ccc(C=O)cc1. The maximum absolute atomic E-state index is 11.7. The maximum Gasteiger partial charge on any atom is 0.262 e. The third-order valence-electron chi connectivity index (χ3n) is 2.78. The van der Waals surface area contributed by atoms with Crippen molar-refractivity contribution < 1.29 is 14.3 Å². The van der Waals surface area contributed by atoms with Gasteiger partial charge in [0, 0.05) is 11.3 Å². The van der Waals surface area contributed by atoms with Crippen LogP contribution < -0.4 is 10.1 Å². The Morgan fingerprint density at radius 1 is 1.15 bits per heavy atom. The Morgan fingerprint density at radius 2 is 1.85 bits per heavy atom. The fourth-order valence-corrected chi connectivity index (χ4v) is 1.70. The average Bonchev–Trinajstić information content (AvgIpc) is 2.47. The molecule has 0 aliphatic carbocycles. The van der Waals surface area contributed by atoms with Gasteiger partial charge in [0.15, 0.2) is 6.61 Å². The zero-order valence-electron chi connectivity index (χ0n) is 11.1. The molecule has 0 unspecified atom stereocenters. The first-order valence-electron chi connectivity index (χ1n) is 6.22. The highest BCUT2D eigenvalue weighted by molar-refractivity contribution is 5.92. The number of aldehydes is 1. The molecule has 0 saturated carbocycles. The molecule has 0 aliphatic heterocycles. The Kier molecular flexibility index (Phi) is 4.50. The summed E-state index contributed by atoms with van der Waals surface area (Å²) in [7, 11) is 0. The molecule has 2 rings (SSSR count). The maximum atomic E-state index is 11.7. The first-order chi connectivity index (χ1) is 9.69. The van der Waals surface area contributed by atoms with E-state index in [0.29, 0.717) is 17.0 Å². The predicted molar refractivity (Wildman–Crippen MR) is 77.1 cm³/mol. The van der Waals surface area contributed by atoms with Crippen molar-refractivity contribution >= 4 is 17.9 Å². The van der Waals surface area contributed by atoms with E-state index in [1.54, 1.807) is 24.3 Å². The Balaban J connectivity index is 1.89. The molecule has 4 heteroatoms. The topological polar surface area (TPSA) is 55.4 Å². The molecule has 102 valence electrons. The number of benzene rings is 2. The molecular formula is C16H15NO3. The highest BCUT2D eigenvalue weighted by Crippen LogP contribution is 2.16. The summed E-state index contributed by atoms with van der Waals surface area (Å²) in [6, 6.07) is 14.2. The van der Waals surface area contributed by atoms with Gasteiger partial charge in [-0.3, -0.25) is 9.59 Å². The van der Waals surface area contributed by atoms with Crippen LogP contribution in [0.15, 0.2) is 48.5 Å². The van der Waals surface area contributed by atoms with Gasteiger partial charge in [0.2, 0.25) is 0 Å². The highest BCUT2D eigenvalue weighted by atomic mass is 16.5. The molecular weight excluding hydrogens is 254 g/mol. The van der Waals surface area contributed by atoms with Gasteiger partial charge >= 0.3 is 0 Å². The molecule has 0 saturated heterocycles. The van der Waals surface area contributed by atoms with E-state index < -0.39 is 0 Å². The summed E-state index contributed by atoms with van der Waals surface area (Å²) >= 11 is 0. The molecule has 2 aromatic carbocycles. The summed E-state index contributed by atoms with van der Waals surface area (Å²) in [4.78, 5) is 22.3. The van der Waals surface area contributed by atoms with E-state index in [1.807, 2.05) is 31.2 Å². The van der Waals surface area contributed by atoms with Crippen LogP contribution in [-0.4, -0.2) is 18.8 Å². The predicted octanol–water partition coefficient (Wildman–Crippen LogP) is 2.83. The molecule has 0 radical (unpaired) electrons. The van der Waals surface area contributed by atoms with Crippen LogP contribution in [0.2, 0.25) is 0 Å². The number of rotatable bonds is 5. The first-order valence-corrected chi connectivity index (χ1v) is 6.22. The molecule has 0 bridgehead atoms. The number of hydrogen-bond acceptors (Lipinski definition) is 3. The Labute approximate surface area is 117 Å². The van der Waals surface area contributed by atoms with Crippen LogP contribution in [0, 0.1) is 6.92 Å². The van der Waals surface area contributed by atoms with Crippen molar-refractivity contribution in [1.29, 1.82) is 0 Å². The fourth-order valence-electron chi connectivity index (χ4n) is 1.70. The summed E-state index contributed by atoms with van der Waals surface area (Å²) < 4.78 is 5.45. The number of ether oxygens (including phenoxy) is 1. The molecule has 0 atom stereocenters. The van der Waals surface area contributed by atoms with E-state index in [9.17, 15) is 9.59 Å². The summed E-state index contributed by atoms with van der Waals surface area (Å²) in [6.07, 6.45) is 0.757. The number of anilines is 1. The minimum absolute atomic E-state index is 0.0553. The summed E-state index contributed by atoms with van der Waals surface area (Å²) in [5.41, 5.74) is 2.18. The average molecular weight is 269 g/mol. The van der Waals surface area contributed by atoms with Gasteiger partial charge in [-0.15, -0.1) is 0 Å². The molecule has 4 nitrogen and oxygen atoms in total. The lowest BCUT2D eigenvalue weighted by atomic mass is 10.2. The Hall–Kier alpha value is -2.62. The van der Waals surface area contributed by atoms with Crippen molar-refractivity contribution in [2.75, 3.05) is 11.9 Å². The summed E-state index contributed by atoms with van der Waals surface area (Å²) in [5.74, 6) is 0.450. The number of aryl methyl sites for hydroxylation is 1. The quantitative estimate of drug-likeness (QED) is 0.849. The fraction of sp³-hybridized carbons (Fsp3) is 0.125. The Bertz CT molecular complexity index is 605. The van der Waals surface area contributed by atoms with Gasteiger partial charge in [0.25, 0.3) is 5.91 Å². The molecule has 20 heavy (non-hydrogen) atoms. The molecule has 1 amide bonds. The monoisotopic (exact) mass is 269 g/mol. The van der Waals surface area contributed by atoms with E-state index in [0.717, 1.165) is 11.8 Å². The molecule has 0 aromatic heterocycles. The van der Waals surface area contributed by atoms with Crippen molar-refractivity contribution in [3.8, 4) is 5.75 Å². The van der Waals surface area contributed by atoms with E-state index in [4.69, 9.17) is 4.74 Å². The molecule has 0 fully saturated rings. The minimum atomic E-state index is -0.243. The molecule has 1 N–H and O–H groups in total. The highest BCUT2D eigenvalue weighted by Gasteiger charge is 2.05. The van der Waals surface area contributed by atoms with Crippen molar-refractivity contribution in [2.24, 2.45) is 0 Å². The Morgan fingerprint density at radius 3 is 2.50 bits per heavy atom. The normalized spacial score (nSPS) is 9.85. The van der Waals surface area contributed by atoms with Crippen LogP contribution in [0.3, 0.4) is 0 Å². The van der Waals surface area contributed by atoms with Crippen molar-refractivity contribution in [3.63, 3.8) is 0 Å². The van der Waals surface area contributed by atoms with Crippen molar-refractivity contribution in [3.05, 3.63) is 59.7 Å². The number of amides is 1. The lowest BCUT2D eigenvalue weighted by Crippen LogP contribution is -2.20. The number of nitrogens with one attached hydrogen (secondary N) is 1. The van der Waals surface area contributed by atoms with Gasteiger partial charge in [0.1, 0.15) is 12.0 Å². The summed E-state index contributed by atoms with van der Waals surface area (Å²) in [6.45, 7) is 1.87. The minimum Gasteiger partial charge on any atom is -0.483 e. The van der Waals surface area contributed by atoms with Gasteiger partial charge in [-0.05, 0) is 42.8 Å². The number of para-hydroxylation sites is 1. The molecule has 2 aromatic rings. The van der Waals surface area contributed by atoms with Gasteiger partial charge in [-0.25, -0.2) is 0 Å². The second-order valence-corrected chi connectivity index (χ2v) is 4.34. The van der Waals surface area contributed by atoms with Gasteiger partial charge < -0.3 is 10.1 Å². The smallest absolute Gasteiger partial charge is 0.262 e. The zero-order valence-corrected chi connectivity index (χ0v) is 11.1. The van der Waals surface area contributed by atoms with Crippen LogP contribution in [0.4, 0.5) is 5.69 Å². The molecule has 0 aliphatic rings. The second kappa shape index (κ2) is 6.52. The van der Waals surface area contributed by atoms with Gasteiger partial charge in [0.05, 0.1) is 0 Å². The van der Waals surface area contributed by atoms with Crippen LogP contribution in [0.5, 0.6) is 5.75 Å². The van der Waals surface area contributed by atoms with E-state index in [1.165, 1.54) is 0 Å². The van der Waals surface area contributed by atoms with E-state index in [-0.39, 0.29) is 12.5 Å². The van der Waals surface area contributed by atoms with Crippen LogP contribution >= 0.6 is 0 Å². The third-order valence-corrected chi connectivity index (χ3v) is 2.78. The molecule has 0 spiro atoms. The number of hydrogen-bond donors (Lipinski definition) is 1. The van der Waals surface area contributed by atoms with Crippen LogP contribution in [-0.2, 0) is 4.79 Å². The molecule has 0 heterocycles. The van der Waals surface area contributed by atoms with E-state index in [2.05, 4.69) is 5.32 Å².